The molecule has 0 amide bonds. The first kappa shape index (κ1) is 13.7. The van der Waals surface area contributed by atoms with E-state index in [0.717, 1.165) is 18.7 Å². The van der Waals surface area contributed by atoms with Crippen molar-refractivity contribution in [1.29, 1.82) is 0 Å². The number of aryl methyl sites for hydroxylation is 1. The van der Waals surface area contributed by atoms with Gasteiger partial charge in [-0.25, -0.2) is 0 Å². The van der Waals surface area contributed by atoms with Gasteiger partial charge in [-0.3, -0.25) is 14.4 Å². The number of rotatable bonds is 5. The molecule has 0 bridgehead atoms. The smallest absolute Gasteiger partial charge is 0.317 e. The Kier molecular flexibility index (Phi) is 4.28. The Morgan fingerprint density at radius 1 is 1.53 bits per heavy atom. The summed E-state index contributed by atoms with van der Waals surface area (Å²) in [6, 6.07) is 1.96. The Hall–Kier alpha value is -1.36. The highest BCUT2D eigenvalue weighted by atomic mass is 16.4. The van der Waals surface area contributed by atoms with Crippen molar-refractivity contribution in [3.05, 3.63) is 18.0 Å². The lowest BCUT2D eigenvalue weighted by Crippen LogP contribution is -2.45. The van der Waals surface area contributed by atoms with Gasteiger partial charge in [-0.05, 0) is 26.8 Å². The first-order chi connectivity index (χ1) is 7.80. The fraction of sp³-hybridized carbons (Fsp3) is 0.667. The number of hydrogen-bond acceptors (Lipinski definition) is 3. The van der Waals surface area contributed by atoms with Gasteiger partial charge in [0.15, 0.2) is 0 Å². The molecule has 17 heavy (non-hydrogen) atoms. The fourth-order valence-corrected chi connectivity index (χ4v) is 1.71. The third-order valence-electron chi connectivity index (χ3n) is 2.84. The van der Waals surface area contributed by atoms with Gasteiger partial charge in [0.05, 0.1) is 6.54 Å². The van der Waals surface area contributed by atoms with E-state index in [2.05, 4.69) is 5.10 Å². The predicted octanol–water partition coefficient (Wildman–Crippen LogP) is 1.15. The molecule has 0 aromatic carbocycles. The molecule has 96 valence electrons. The van der Waals surface area contributed by atoms with Crippen LogP contribution >= 0.6 is 0 Å². The van der Waals surface area contributed by atoms with Gasteiger partial charge >= 0.3 is 5.97 Å². The highest BCUT2D eigenvalue weighted by Crippen LogP contribution is 2.13. The van der Waals surface area contributed by atoms with E-state index in [1.54, 1.807) is 6.20 Å². The molecule has 5 heteroatoms. The zero-order valence-corrected chi connectivity index (χ0v) is 11.0. The molecule has 0 spiro atoms. The molecule has 0 aliphatic rings. The van der Waals surface area contributed by atoms with Crippen LogP contribution in [0.3, 0.4) is 0 Å². The molecule has 1 rings (SSSR count). The van der Waals surface area contributed by atoms with Crippen molar-refractivity contribution in [2.75, 3.05) is 13.1 Å². The van der Waals surface area contributed by atoms with E-state index in [-0.39, 0.29) is 12.1 Å². The van der Waals surface area contributed by atoms with E-state index in [1.165, 1.54) is 0 Å². The maximum absolute atomic E-state index is 10.8. The van der Waals surface area contributed by atoms with E-state index in [1.807, 2.05) is 43.5 Å². The lowest BCUT2D eigenvalue weighted by Gasteiger charge is -2.34. The molecule has 0 aliphatic heterocycles. The Labute approximate surface area is 102 Å². The molecule has 0 aliphatic carbocycles. The number of hydrogen-bond donors (Lipinski definition) is 1. The minimum Gasteiger partial charge on any atom is -0.480 e. The van der Waals surface area contributed by atoms with Crippen LogP contribution < -0.4 is 0 Å². The lowest BCUT2D eigenvalue weighted by molar-refractivity contribution is -0.139. The minimum absolute atomic E-state index is 0.0708. The standard InChI is InChI=1S/C12H21N3O2/c1-12(2,3)15(9-11(16)17)8-6-10-5-7-13-14(10)4/h5,7H,6,8-9H2,1-4H3,(H,16,17). The number of carboxylic acids is 1. The van der Waals surface area contributed by atoms with Gasteiger partial charge in [-0.2, -0.15) is 5.10 Å². The van der Waals surface area contributed by atoms with Crippen LogP contribution in [0.15, 0.2) is 12.3 Å². The highest BCUT2D eigenvalue weighted by Gasteiger charge is 2.23. The molecular weight excluding hydrogens is 218 g/mol. The summed E-state index contributed by atoms with van der Waals surface area (Å²) in [6.07, 6.45) is 2.56. The number of carboxylic acid groups (broad SMARTS) is 1. The van der Waals surface area contributed by atoms with Crippen molar-refractivity contribution >= 4 is 5.97 Å². The number of carbonyl (C=O) groups is 1. The first-order valence-electron chi connectivity index (χ1n) is 5.74. The van der Waals surface area contributed by atoms with Crippen LogP contribution in [-0.2, 0) is 18.3 Å². The molecular formula is C12H21N3O2. The van der Waals surface area contributed by atoms with Crippen LogP contribution in [0.2, 0.25) is 0 Å². The SMILES string of the molecule is Cn1nccc1CCN(CC(=O)O)C(C)(C)C. The van der Waals surface area contributed by atoms with Gasteiger partial charge < -0.3 is 5.11 Å². The molecule has 0 radical (unpaired) electrons. The zero-order chi connectivity index (χ0) is 13.1. The maximum Gasteiger partial charge on any atom is 0.317 e. The molecule has 0 saturated carbocycles. The van der Waals surface area contributed by atoms with Crippen molar-refractivity contribution < 1.29 is 9.90 Å². The molecule has 0 atom stereocenters. The van der Waals surface area contributed by atoms with Gasteiger partial charge in [-0.15, -0.1) is 0 Å². The minimum atomic E-state index is -0.787. The van der Waals surface area contributed by atoms with Crippen LogP contribution in [0.25, 0.3) is 0 Å². The predicted molar refractivity (Wildman–Crippen MR) is 65.9 cm³/mol. The fourth-order valence-electron chi connectivity index (χ4n) is 1.71. The summed E-state index contributed by atoms with van der Waals surface area (Å²) in [6.45, 7) is 6.87. The van der Waals surface area contributed by atoms with Gasteiger partial charge in [0.25, 0.3) is 0 Å². The summed E-state index contributed by atoms with van der Waals surface area (Å²) in [4.78, 5) is 12.8. The number of aromatic nitrogens is 2. The average molecular weight is 239 g/mol. The molecule has 1 aromatic rings. The topological polar surface area (TPSA) is 58.4 Å². The first-order valence-corrected chi connectivity index (χ1v) is 5.74. The number of nitrogens with zero attached hydrogens (tertiary/aromatic N) is 3. The largest absolute Gasteiger partial charge is 0.480 e. The Morgan fingerprint density at radius 2 is 2.18 bits per heavy atom. The lowest BCUT2D eigenvalue weighted by atomic mass is 10.1. The third-order valence-corrected chi connectivity index (χ3v) is 2.84. The molecule has 0 fully saturated rings. The molecule has 1 N–H and O–H groups in total. The van der Waals surface area contributed by atoms with E-state index >= 15 is 0 Å². The van der Waals surface area contributed by atoms with Crippen molar-refractivity contribution in [3.8, 4) is 0 Å². The van der Waals surface area contributed by atoms with Crippen molar-refractivity contribution in [2.45, 2.75) is 32.7 Å². The second-order valence-corrected chi connectivity index (χ2v) is 5.18. The average Bonchev–Trinajstić information content (AvgIpc) is 2.56. The quantitative estimate of drug-likeness (QED) is 0.837. The van der Waals surface area contributed by atoms with Crippen LogP contribution in [0, 0.1) is 0 Å². The summed E-state index contributed by atoms with van der Waals surface area (Å²) < 4.78 is 1.82. The van der Waals surface area contributed by atoms with Crippen LogP contribution in [0.5, 0.6) is 0 Å². The molecule has 0 saturated heterocycles. The van der Waals surface area contributed by atoms with Crippen molar-refractivity contribution in [2.24, 2.45) is 7.05 Å². The van der Waals surface area contributed by atoms with Crippen LogP contribution in [0.4, 0.5) is 0 Å². The zero-order valence-electron chi connectivity index (χ0n) is 11.0. The van der Waals surface area contributed by atoms with Gasteiger partial charge in [0.2, 0.25) is 0 Å². The maximum atomic E-state index is 10.8. The molecule has 1 aromatic heterocycles. The van der Waals surface area contributed by atoms with Crippen molar-refractivity contribution in [3.63, 3.8) is 0 Å². The number of aliphatic carboxylic acids is 1. The van der Waals surface area contributed by atoms with E-state index < -0.39 is 5.97 Å². The van der Waals surface area contributed by atoms with Crippen LogP contribution in [0.1, 0.15) is 26.5 Å². The van der Waals surface area contributed by atoms with Gasteiger partial charge in [-0.1, -0.05) is 0 Å². The summed E-state index contributed by atoms with van der Waals surface area (Å²) in [5.41, 5.74) is 0.974. The van der Waals surface area contributed by atoms with Gasteiger partial charge in [0, 0.05) is 37.4 Å². The second kappa shape index (κ2) is 5.31. The Balaban J connectivity index is 2.61. The van der Waals surface area contributed by atoms with Crippen molar-refractivity contribution in [1.82, 2.24) is 14.7 Å². The Bertz CT molecular complexity index is 379. The summed E-state index contributed by atoms with van der Waals surface area (Å²) >= 11 is 0. The van der Waals surface area contributed by atoms with E-state index in [4.69, 9.17) is 5.11 Å². The highest BCUT2D eigenvalue weighted by molar-refractivity contribution is 5.69. The third kappa shape index (κ3) is 4.19. The molecule has 1 heterocycles. The summed E-state index contributed by atoms with van der Waals surface area (Å²) in [5.74, 6) is -0.787. The monoisotopic (exact) mass is 239 g/mol. The summed E-state index contributed by atoms with van der Waals surface area (Å²) in [7, 11) is 1.90. The van der Waals surface area contributed by atoms with Crippen LogP contribution in [-0.4, -0.2) is 44.4 Å². The summed E-state index contributed by atoms with van der Waals surface area (Å²) in [5, 5.41) is 13.0. The van der Waals surface area contributed by atoms with E-state index in [9.17, 15) is 4.79 Å². The van der Waals surface area contributed by atoms with E-state index in [0.29, 0.717) is 0 Å². The normalized spacial score (nSPS) is 12.1. The molecule has 0 unspecified atom stereocenters. The van der Waals surface area contributed by atoms with Gasteiger partial charge in [0.1, 0.15) is 0 Å². The second-order valence-electron chi connectivity index (χ2n) is 5.18. The Morgan fingerprint density at radius 3 is 2.59 bits per heavy atom. The molecule has 5 nitrogen and oxygen atoms in total.